The van der Waals surface area contributed by atoms with Gasteiger partial charge in [-0.05, 0) is 37.6 Å². The molecular formula is C14H16BrN3O. The smallest absolute Gasteiger partial charge is 0.251 e. The Labute approximate surface area is 120 Å². The molecule has 100 valence electrons. The minimum atomic E-state index is -0.0705. The lowest BCUT2D eigenvalue weighted by Crippen LogP contribution is -2.23. The zero-order valence-corrected chi connectivity index (χ0v) is 12.8. The minimum absolute atomic E-state index is 0.0705. The summed E-state index contributed by atoms with van der Waals surface area (Å²) in [5.41, 5.74) is 3.81. The molecule has 19 heavy (non-hydrogen) atoms. The molecule has 1 amide bonds. The van der Waals surface area contributed by atoms with Crippen molar-refractivity contribution in [3.8, 4) is 0 Å². The van der Waals surface area contributed by atoms with Gasteiger partial charge in [0.05, 0.1) is 6.20 Å². The summed E-state index contributed by atoms with van der Waals surface area (Å²) in [7, 11) is 1.89. The van der Waals surface area contributed by atoms with E-state index in [1.165, 1.54) is 0 Å². The molecule has 0 radical (unpaired) electrons. The highest BCUT2D eigenvalue weighted by molar-refractivity contribution is 9.10. The molecular weight excluding hydrogens is 306 g/mol. The van der Waals surface area contributed by atoms with E-state index < -0.39 is 0 Å². The molecule has 0 aliphatic heterocycles. The van der Waals surface area contributed by atoms with Crippen LogP contribution in [0.3, 0.4) is 0 Å². The van der Waals surface area contributed by atoms with Crippen molar-refractivity contribution < 1.29 is 4.79 Å². The third kappa shape index (κ3) is 3.04. The normalized spacial score (nSPS) is 10.5. The monoisotopic (exact) mass is 321 g/mol. The van der Waals surface area contributed by atoms with Crippen LogP contribution < -0.4 is 5.32 Å². The Morgan fingerprint density at radius 2 is 2.16 bits per heavy atom. The maximum absolute atomic E-state index is 12.0. The molecule has 1 heterocycles. The van der Waals surface area contributed by atoms with Crippen LogP contribution in [0, 0.1) is 13.8 Å². The van der Waals surface area contributed by atoms with Gasteiger partial charge in [-0.25, -0.2) is 0 Å². The Morgan fingerprint density at radius 1 is 1.42 bits per heavy atom. The first-order chi connectivity index (χ1) is 8.99. The molecule has 0 bridgehead atoms. The number of benzene rings is 1. The van der Waals surface area contributed by atoms with Crippen molar-refractivity contribution in [3.63, 3.8) is 0 Å². The van der Waals surface area contributed by atoms with Crippen LogP contribution >= 0.6 is 15.9 Å². The van der Waals surface area contributed by atoms with Gasteiger partial charge in [0.15, 0.2) is 0 Å². The number of carbonyl (C=O) groups excluding carboxylic acids is 1. The van der Waals surface area contributed by atoms with E-state index in [2.05, 4.69) is 26.3 Å². The average Bonchev–Trinajstić information content (AvgIpc) is 2.70. The summed E-state index contributed by atoms with van der Waals surface area (Å²) in [5.74, 6) is -0.0705. The minimum Gasteiger partial charge on any atom is -0.348 e. The van der Waals surface area contributed by atoms with Gasteiger partial charge in [-0.15, -0.1) is 0 Å². The lowest BCUT2D eigenvalue weighted by molar-refractivity contribution is 0.0951. The molecule has 0 aliphatic rings. The maximum atomic E-state index is 12.0. The van der Waals surface area contributed by atoms with Gasteiger partial charge in [0.1, 0.15) is 0 Å². The highest BCUT2D eigenvalue weighted by Crippen LogP contribution is 2.17. The quantitative estimate of drug-likeness (QED) is 0.944. The molecule has 0 unspecified atom stereocenters. The second kappa shape index (κ2) is 5.57. The number of hydrogen-bond acceptors (Lipinski definition) is 2. The summed E-state index contributed by atoms with van der Waals surface area (Å²) < 4.78 is 2.80. The van der Waals surface area contributed by atoms with Crippen molar-refractivity contribution in [2.45, 2.75) is 20.4 Å². The second-order valence-corrected chi connectivity index (χ2v) is 5.38. The van der Waals surface area contributed by atoms with Crippen molar-refractivity contribution in [2.75, 3.05) is 0 Å². The number of aromatic nitrogens is 2. The number of nitrogens with one attached hydrogen (secondary N) is 1. The Balaban J connectivity index is 2.05. The van der Waals surface area contributed by atoms with E-state index in [4.69, 9.17) is 0 Å². The Hall–Kier alpha value is -1.62. The highest BCUT2D eigenvalue weighted by Gasteiger charge is 2.09. The van der Waals surface area contributed by atoms with Gasteiger partial charge in [0, 0.05) is 34.9 Å². The summed E-state index contributed by atoms with van der Waals surface area (Å²) in [6.45, 7) is 4.44. The van der Waals surface area contributed by atoms with Crippen molar-refractivity contribution in [1.82, 2.24) is 15.1 Å². The molecule has 1 aromatic heterocycles. The van der Waals surface area contributed by atoms with Crippen molar-refractivity contribution >= 4 is 21.8 Å². The first-order valence-electron chi connectivity index (χ1n) is 6.01. The first kappa shape index (κ1) is 13.8. The molecule has 0 fully saturated rings. The van der Waals surface area contributed by atoms with Gasteiger partial charge in [-0.1, -0.05) is 15.9 Å². The number of carbonyl (C=O) groups is 1. The molecule has 2 rings (SSSR count). The fourth-order valence-electron chi connectivity index (χ4n) is 1.78. The molecule has 0 spiro atoms. The van der Waals surface area contributed by atoms with Crippen LogP contribution in [0.2, 0.25) is 0 Å². The molecule has 0 saturated heterocycles. The zero-order chi connectivity index (χ0) is 14.0. The van der Waals surface area contributed by atoms with Crippen molar-refractivity contribution in [1.29, 1.82) is 0 Å². The van der Waals surface area contributed by atoms with E-state index in [1.54, 1.807) is 10.9 Å². The molecule has 4 nitrogen and oxygen atoms in total. The summed E-state index contributed by atoms with van der Waals surface area (Å²) in [6.07, 6.45) is 1.78. The zero-order valence-electron chi connectivity index (χ0n) is 11.2. The third-order valence-corrected chi connectivity index (χ3v) is 4.09. The standard InChI is InChI=1S/C14H16BrN3O/c1-9-6-11(4-5-13(9)15)14(19)16-7-12-8-17-18(3)10(12)2/h4-6,8H,7H2,1-3H3,(H,16,19). The highest BCUT2D eigenvalue weighted by atomic mass is 79.9. The number of nitrogens with zero attached hydrogens (tertiary/aromatic N) is 2. The van der Waals surface area contributed by atoms with E-state index in [0.29, 0.717) is 12.1 Å². The number of aryl methyl sites for hydroxylation is 2. The van der Waals surface area contributed by atoms with Crippen LogP contribution in [-0.2, 0) is 13.6 Å². The topological polar surface area (TPSA) is 46.9 Å². The molecule has 2 aromatic rings. The van der Waals surface area contributed by atoms with E-state index in [-0.39, 0.29) is 5.91 Å². The van der Waals surface area contributed by atoms with Crippen LogP contribution in [0.1, 0.15) is 27.2 Å². The van der Waals surface area contributed by atoms with Gasteiger partial charge >= 0.3 is 0 Å². The largest absolute Gasteiger partial charge is 0.348 e. The predicted molar refractivity (Wildman–Crippen MR) is 78.0 cm³/mol. The maximum Gasteiger partial charge on any atom is 0.251 e. The van der Waals surface area contributed by atoms with E-state index in [1.807, 2.05) is 39.1 Å². The predicted octanol–water partition coefficient (Wildman–Crippen LogP) is 2.73. The lowest BCUT2D eigenvalue weighted by atomic mass is 10.1. The first-order valence-corrected chi connectivity index (χ1v) is 6.80. The van der Waals surface area contributed by atoms with Gasteiger partial charge < -0.3 is 5.32 Å². The van der Waals surface area contributed by atoms with Crippen LogP contribution in [-0.4, -0.2) is 15.7 Å². The van der Waals surface area contributed by atoms with Crippen LogP contribution in [0.25, 0.3) is 0 Å². The number of halogens is 1. The summed E-state index contributed by atoms with van der Waals surface area (Å²) in [5, 5.41) is 7.06. The van der Waals surface area contributed by atoms with E-state index >= 15 is 0 Å². The number of rotatable bonds is 3. The van der Waals surface area contributed by atoms with Gasteiger partial charge in [-0.2, -0.15) is 5.10 Å². The SMILES string of the molecule is Cc1cc(C(=O)NCc2cnn(C)c2C)ccc1Br. The van der Waals surface area contributed by atoms with Crippen LogP contribution in [0.5, 0.6) is 0 Å². The molecule has 0 aliphatic carbocycles. The summed E-state index contributed by atoms with van der Waals surface area (Å²) in [6, 6.07) is 5.57. The summed E-state index contributed by atoms with van der Waals surface area (Å²) >= 11 is 3.42. The molecule has 0 saturated carbocycles. The second-order valence-electron chi connectivity index (χ2n) is 4.53. The Bertz CT molecular complexity index is 619. The van der Waals surface area contributed by atoms with Crippen molar-refractivity contribution in [2.24, 2.45) is 7.05 Å². The average molecular weight is 322 g/mol. The molecule has 1 N–H and O–H groups in total. The van der Waals surface area contributed by atoms with E-state index in [0.717, 1.165) is 21.3 Å². The number of hydrogen-bond donors (Lipinski definition) is 1. The van der Waals surface area contributed by atoms with Crippen LogP contribution in [0.15, 0.2) is 28.9 Å². The Kier molecular flexibility index (Phi) is 4.04. The Morgan fingerprint density at radius 3 is 2.74 bits per heavy atom. The fourth-order valence-corrected chi connectivity index (χ4v) is 2.03. The van der Waals surface area contributed by atoms with Crippen molar-refractivity contribution in [3.05, 3.63) is 51.3 Å². The van der Waals surface area contributed by atoms with Crippen LogP contribution in [0.4, 0.5) is 0 Å². The third-order valence-electron chi connectivity index (χ3n) is 3.20. The fraction of sp³-hybridized carbons (Fsp3) is 0.286. The van der Waals surface area contributed by atoms with Gasteiger partial charge in [-0.3, -0.25) is 9.48 Å². The van der Waals surface area contributed by atoms with E-state index in [9.17, 15) is 4.79 Å². The molecule has 1 aromatic carbocycles. The number of amides is 1. The van der Waals surface area contributed by atoms with Gasteiger partial charge in [0.2, 0.25) is 0 Å². The molecule has 5 heteroatoms. The lowest BCUT2D eigenvalue weighted by Gasteiger charge is -2.06. The summed E-state index contributed by atoms with van der Waals surface area (Å²) in [4.78, 5) is 12.0. The van der Waals surface area contributed by atoms with Gasteiger partial charge in [0.25, 0.3) is 5.91 Å². The molecule has 0 atom stereocenters.